The van der Waals surface area contributed by atoms with Crippen LogP contribution < -0.4 is 0 Å². The molecule has 3 heteroatoms. The Bertz CT molecular complexity index is 1630. The second kappa shape index (κ2) is 16.2. The van der Waals surface area contributed by atoms with Crippen molar-refractivity contribution in [2.45, 2.75) is 165 Å². The van der Waals surface area contributed by atoms with E-state index < -0.39 is 0 Å². The molecular formula is C47H68NiO2+2. The van der Waals surface area contributed by atoms with Gasteiger partial charge in [0.25, 0.3) is 0 Å². The van der Waals surface area contributed by atoms with Gasteiger partial charge in [0.1, 0.15) is 0 Å². The van der Waals surface area contributed by atoms with Crippen molar-refractivity contribution in [3.63, 3.8) is 0 Å². The maximum Gasteiger partial charge on any atom is 0.164 e. The van der Waals surface area contributed by atoms with Crippen LogP contribution in [-0.4, -0.2) is 10.2 Å². The molecule has 3 rings (SSSR count). The quantitative estimate of drug-likeness (QED) is 0.122. The summed E-state index contributed by atoms with van der Waals surface area (Å²) < 4.78 is 0. The molecule has 0 unspecified atom stereocenters. The first-order chi connectivity index (χ1) is 22.0. The third-order valence-corrected chi connectivity index (χ3v) is 9.18. The zero-order valence-corrected chi connectivity index (χ0v) is 35.9. The third kappa shape index (κ3) is 11.5. The van der Waals surface area contributed by atoms with Crippen LogP contribution in [0, 0.1) is 12.2 Å². The Morgan fingerprint density at radius 1 is 0.520 bits per heavy atom. The van der Waals surface area contributed by atoms with Crippen LogP contribution >= 0.6 is 0 Å². The standard InChI is InChI=1S/C33H46.C14H22O2.Ni/c1-22(2)27-15-14-16-30(33(11,12)13)28(27)20-24(4)23(3)19-25-21-26(31(5,6)7)17-18-29(25)32(8,9)10;1-13(2,3)9-7-8-10(14(4,5)6)12(16)11(9)15;/h14-18,21-22H,1-13H3;7-8,15-16H,1-6H3;/q+2;;. The van der Waals surface area contributed by atoms with Crippen molar-refractivity contribution >= 4 is 0 Å². The molecule has 0 spiro atoms. The van der Waals surface area contributed by atoms with Gasteiger partial charge in [-0.3, -0.25) is 0 Å². The average Bonchev–Trinajstić information content (AvgIpc) is 2.91. The molecule has 0 aromatic heterocycles. The van der Waals surface area contributed by atoms with E-state index in [4.69, 9.17) is 0 Å². The molecule has 0 saturated carbocycles. The predicted octanol–water partition coefficient (Wildman–Crippen LogP) is 13.3. The van der Waals surface area contributed by atoms with Gasteiger partial charge >= 0.3 is 0 Å². The first-order valence-electron chi connectivity index (χ1n) is 18.0. The number of phenolic OH excluding ortho intramolecular Hbond substituents is 2. The molecule has 0 fully saturated rings. The van der Waals surface area contributed by atoms with Crippen molar-refractivity contribution in [1.82, 2.24) is 0 Å². The van der Waals surface area contributed by atoms with Crippen molar-refractivity contribution in [2.75, 3.05) is 0 Å². The molecule has 3 aromatic rings. The van der Waals surface area contributed by atoms with Crippen LogP contribution in [0.15, 0.2) is 59.7 Å². The summed E-state index contributed by atoms with van der Waals surface area (Å²) in [6, 6.07) is 17.4. The minimum atomic E-state index is -0.169. The van der Waals surface area contributed by atoms with Gasteiger partial charge in [0.05, 0.1) is 23.3 Å². The van der Waals surface area contributed by atoms with Crippen LogP contribution in [0.25, 0.3) is 0 Å². The van der Waals surface area contributed by atoms with E-state index in [1.807, 2.05) is 53.7 Å². The van der Waals surface area contributed by atoms with Crippen molar-refractivity contribution in [1.29, 1.82) is 0 Å². The van der Waals surface area contributed by atoms with Crippen LogP contribution in [0.2, 0.25) is 0 Å². The summed E-state index contributed by atoms with van der Waals surface area (Å²) in [6.45, 7) is 41.5. The Balaban J connectivity index is 0.000000618. The van der Waals surface area contributed by atoms with Gasteiger partial charge in [-0.05, 0) is 102 Å². The number of rotatable bonds is 4. The van der Waals surface area contributed by atoms with E-state index in [0.717, 1.165) is 22.3 Å². The topological polar surface area (TPSA) is 40.5 Å². The summed E-state index contributed by atoms with van der Waals surface area (Å²) in [7, 11) is 0. The predicted molar refractivity (Wildman–Crippen MR) is 213 cm³/mol. The molecule has 0 bridgehead atoms. The Hall–Kier alpha value is -2.95. The zero-order valence-electron chi connectivity index (χ0n) is 34.9. The first-order valence-corrected chi connectivity index (χ1v) is 18.0. The van der Waals surface area contributed by atoms with Gasteiger partial charge in [0.15, 0.2) is 33.8 Å². The fraction of sp³-hybridized carbons (Fsp3) is 0.532. The van der Waals surface area contributed by atoms with Crippen LogP contribution in [0.4, 0.5) is 0 Å². The molecule has 0 aliphatic carbocycles. The molecule has 0 heterocycles. The smallest absolute Gasteiger partial charge is 0.164 e. The van der Waals surface area contributed by atoms with E-state index in [9.17, 15) is 10.2 Å². The number of aromatic hydroxyl groups is 2. The van der Waals surface area contributed by atoms with E-state index in [1.165, 1.54) is 33.4 Å². The molecule has 0 radical (unpaired) electrons. The fourth-order valence-electron chi connectivity index (χ4n) is 5.95. The molecule has 2 nitrogen and oxygen atoms in total. The third-order valence-electron chi connectivity index (χ3n) is 9.18. The Kier molecular flexibility index (Phi) is 14.6. The molecule has 50 heavy (non-hydrogen) atoms. The summed E-state index contributed by atoms with van der Waals surface area (Å²) in [5.41, 5.74) is 11.6. The van der Waals surface area contributed by atoms with E-state index in [-0.39, 0.29) is 55.1 Å². The molecule has 0 atom stereocenters. The zero-order chi connectivity index (χ0) is 38.1. The Labute approximate surface area is 317 Å². The molecule has 276 valence electrons. The minimum Gasteiger partial charge on any atom is -0.504 e. The van der Waals surface area contributed by atoms with Gasteiger partial charge < -0.3 is 10.2 Å². The summed E-state index contributed by atoms with van der Waals surface area (Å²) in [5.74, 6) is 0.478. The molecule has 0 aliphatic rings. The van der Waals surface area contributed by atoms with Gasteiger partial charge in [0, 0.05) is 75.4 Å². The molecular weight excluding hydrogens is 655 g/mol. The van der Waals surface area contributed by atoms with E-state index in [0.29, 0.717) is 5.92 Å². The van der Waals surface area contributed by atoms with Gasteiger partial charge in [-0.1, -0.05) is 74.4 Å². The van der Waals surface area contributed by atoms with Crippen LogP contribution in [-0.2, 0) is 43.6 Å². The Morgan fingerprint density at radius 3 is 1.30 bits per heavy atom. The number of hydrogen-bond acceptors (Lipinski definition) is 2. The summed E-state index contributed by atoms with van der Waals surface area (Å²) in [6.07, 6.45) is 7.58. The van der Waals surface area contributed by atoms with Crippen molar-refractivity contribution in [2.24, 2.45) is 0 Å². The van der Waals surface area contributed by atoms with Gasteiger partial charge in [0.2, 0.25) is 0 Å². The fourth-order valence-corrected chi connectivity index (χ4v) is 5.95. The second-order valence-electron chi connectivity index (χ2n) is 19.3. The molecule has 3 aromatic carbocycles. The molecule has 0 amide bonds. The second-order valence-corrected chi connectivity index (χ2v) is 19.3. The van der Waals surface area contributed by atoms with E-state index in [1.54, 1.807) is 0 Å². The van der Waals surface area contributed by atoms with Gasteiger partial charge in [-0.25, -0.2) is 0 Å². The summed E-state index contributed by atoms with van der Waals surface area (Å²) in [5, 5.41) is 20.1. The number of allylic oxidation sites excluding steroid dienone is 2. The first kappa shape index (κ1) is 45.1. The maximum atomic E-state index is 10.0. The summed E-state index contributed by atoms with van der Waals surface area (Å²) in [4.78, 5) is 0. The molecule has 0 saturated heterocycles. The average molecular weight is 724 g/mol. The number of phenols is 2. The maximum absolute atomic E-state index is 10.0. The van der Waals surface area contributed by atoms with Crippen LogP contribution in [0.1, 0.15) is 182 Å². The van der Waals surface area contributed by atoms with E-state index in [2.05, 4.69) is 139 Å². The summed E-state index contributed by atoms with van der Waals surface area (Å²) >= 11 is 0. The normalized spacial score (nSPS) is 13.2. The number of hydrogen-bond donors (Lipinski definition) is 2. The molecule has 2 N–H and O–H groups in total. The monoisotopic (exact) mass is 722 g/mol. The van der Waals surface area contributed by atoms with Crippen LogP contribution in [0.3, 0.4) is 0 Å². The largest absolute Gasteiger partial charge is 0.504 e. The van der Waals surface area contributed by atoms with Gasteiger partial charge in [-0.2, -0.15) is 0 Å². The van der Waals surface area contributed by atoms with Gasteiger partial charge in [-0.15, -0.1) is 0 Å². The van der Waals surface area contributed by atoms with E-state index >= 15 is 0 Å². The van der Waals surface area contributed by atoms with Crippen molar-refractivity contribution in [3.05, 3.63) is 116 Å². The van der Waals surface area contributed by atoms with Crippen molar-refractivity contribution in [3.8, 4) is 11.5 Å². The SMILES string of the molecule is CC(=[C+]c1cc(C(C)(C)C)ccc1C(C)(C)C)C(C)=[C+]c1c(C(C)C)cccc1C(C)(C)C.CC(C)(C)c1ccc(C(C)(C)C)c(O)c1O.[Ni]. The number of benzene rings is 3. The molecule has 0 aliphatic heterocycles. The van der Waals surface area contributed by atoms with Crippen molar-refractivity contribution < 1.29 is 26.7 Å². The van der Waals surface area contributed by atoms with Crippen LogP contribution in [0.5, 0.6) is 11.5 Å². The Morgan fingerprint density at radius 2 is 0.920 bits per heavy atom. The minimum absolute atomic E-state index is 0.